The number of anilines is 1. The molecule has 0 bridgehead atoms. The molecule has 0 unspecified atom stereocenters. The van der Waals surface area contributed by atoms with Crippen LogP contribution in [-0.2, 0) is 4.79 Å². The molecule has 0 atom stereocenters. The van der Waals surface area contributed by atoms with Gasteiger partial charge in [0.15, 0.2) is 0 Å². The van der Waals surface area contributed by atoms with Crippen LogP contribution in [0.1, 0.15) is 11.1 Å². The maximum absolute atomic E-state index is 10.3. The summed E-state index contributed by atoms with van der Waals surface area (Å²) in [5.41, 5.74) is 1.16. The first kappa shape index (κ1) is 9.99. The van der Waals surface area contributed by atoms with Gasteiger partial charge in [-0.2, -0.15) is 5.26 Å². The second-order valence-electron chi connectivity index (χ2n) is 2.71. The van der Waals surface area contributed by atoms with Crippen LogP contribution in [0.5, 0.6) is 0 Å². The molecule has 0 saturated carbocycles. The molecule has 0 aliphatic heterocycles. The van der Waals surface area contributed by atoms with Gasteiger partial charge in [-0.25, -0.2) is 4.98 Å². The number of pyridine rings is 1. The minimum atomic E-state index is -0.989. The molecule has 0 fully saturated rings. The summed E-state index contributed by atoms with van der Waals surface area (Å²) in [5, 5.41) is 19.8. The van der Waals surface area contributed by atoms with Gasteiger partial charge in [-0.05, 0) is 18.6 Å². The van der Waals surface area contributed by atoms with Crippen molar-refractivity contribution in [3.8, 4) is 6.07 Å². The number of nitrogens with one attached hydrogen (secondary N) is 1. The molecule has 1 heterocycles. The van der Waals surface area contributed by atoms with E-state index in [4.69, 9.17) is 10.4 Å². The molecule has 1 aromatic rings. The van der Waals surface area contributed by atoms with E-state index in [0.717, 1.165) is 5.56 Å². The van der Waals surface area contributed by atoms with E-state index >= 15 is 0 Å². The lowest BCUT2D eigenvalue weighted by Gasteiger charge is -2.05. The van der Waals surface area contributed by atoms with Gasteiger partial charge in [-0.15, -0.1) is 0 Å². The van der Waals surface area contributed by atoms with E-state index in [1.54, 1.807) is 13.0 Å². The Labute approximate surface area is 81.0 Å². The van der Waals surface area contributed by atoms with Crippen LogP contribution in [0.25, 0.3) is 0 Å². The predicted octanol–water partition coefficient (Wildman–Crippen LogP) is 0.758. The summed E-state index contributed by atoms with van der Waals surface area (Å²) in [5.74, 6) is -0.674. The topological polar surface area (TPSA) is 86.0 Å². The van der Waals surface area contributed by atoms with Crippen molar-refractivity contribution in [3.05, 3.63) is 23.4 Å². The second-order valence-corrected chi connectivity index (χ2v) is 2.71. The van der Waals surface area contributed by atoms with Crippen molar-refractivity contribution in [3.63, 3.8) is 0 Å². The van der Waals surface area contributed by atoms with Gasteiger partial charge >= 0.3 is 5.97 Å². The predicted molar refractivity (Wildman–Crippen MR) is 49.8 cm³/mol. The number of carboxylic acid groups (broad SMARTS) is 1. The zero-order chi connectivity index (χ0) is 10.6. The lowest BCUT2D eigenvalue weighted by molar-refractivity contribution is -0.134. The molecule has 0 spiro atoms. The number of aryl methyl sites for hydroxylation is 1. The molecule has 0 aliphatic rings. The lowest BCUT2D eigenvalue weighted by atomic mass is 10.1. The molecule has 0 aromatic carbocycles. The standard InChI is InChI=1S/C9H9N3O2/c1-6-2-3-11-9(7(6)4-10)12-5-8(13)14/h2-3H,5H2,1H3,(H,11,12)(H,13,14). The molecular weight excluding hydrogens is 182 g/mol. The van der Waals surface area contributed by atoms with Gasteiger partial charge in [0.25, 0.3) is 0 Å². The van der Waals surface area contributed by atoms with Crippen molar-refractivity contribution in [1.82, 2.24) is 4.98 Å². The highest BCUT2D eigenvalue weighted by Gasteiger charge is 2.06. The number of hydrogen-bond donors (Lipinski definition) is 2. The summed E-state index contributed by atoms with van der Waals surface area (Å²) < 4.78 is 0. The Bertz CT molecular complexity index is 396. The van der Waals surface area contributed by atoms with Crippen molar-refractivity contribution in [2.75, 3.05) is 11.9 Å². The largest absolute Gasteiger partial charge is 0.480 e. The Morgan fingerprint density at radius 3 is 3.07 bits per heavy atom. The number of rotatable bonds is 3. The van der Waals surface area contributed by atoms with Gasteiger partial charge in [-0.3, -0.25) is 4.79 Å². The SMILES string of the molecule is Cc1ccnc(NCC(=O)O)c1C#N. The van der Waals surface area contributed by atoms with Crippen molar-refractivity contribution < 1.29 is 9.90 Å². The number of carbonyl (C=O) groups is 1. The van der Waals surface area contributed by atoms with Crippen LogP contribution in [0.2, 0.25) is 0 Å². The molecule has 72 valence electrons. The Kier molecular flexibility index (Phi) is 3.02. The third kappa shape index (κ3) is 2.20. The normalized spacial score (nSPS) is 9.14. The van der Waals surface area contributed by atoms with Gasteiger partial charge < -0.3 is 10.4 Å². The summed E-state index contributed by atoms with van der Waals surface area (Å²) in [6.07, 6.45) is 1.53. The van der Waals surface area contributed by atoms with E-state index in [1.165, 1.54) is 6.20 Å². The van der Waals surface area contributed by atoms with E-state index in [1.807, 2.05) is 6.07 Å². The molecule has 1 aromatic heterocycles. The highest BCUT2D eigenvalue weighted by molar-refractivity contribution is 5.73. The van der Waals surface area contributed by atoms with Crippen LogP contribution >= 0.6 is 0 Å². The zero-order valence-corrected chi connectivity index (χ0v) is 7.61. The Morgan fingerprint density at radius 1 is 1.79 bits per heavy atom. The van der Waals surface area contributed by atoms with Crippen LogP contribution in [0.4, 0.5) is 5.82 Å². The van der Waals surface area contributed by atoms with Gasteiger partial charge in [0, 0.05) is 6.20 Å². The van der Waals surface area contributed by atoms with E-state index in [-0.39, 0.29) is 6.54 Å². The fourth-order valence-electron chi connectivity index (χ4n) is 0.993. The highest BCUT2D eigenvalue weighted by atomic mass is 16.4. The van der Waals surface area contributed by atoms with Crippen LogP contribution in [0.15, 0.2) is 12.3 Å². The monoisotopic (exact) mass is 191 g/mol. The molecule has 0 amide bonds. The van der Waals surface area contributed by atoms with Crippen LogP contribution in [0, 0.1) is 18.3 Å². The van der Waals surface area contributed by atoms with Gasteiger partial charge in [0.05, 0.1) is 5.56 Å². The molecule has 5 heteroatoms. The molecular formula is C9H9N3O2. The Balaban J connectivity index is 2.92. The van der Waals surface area contributed by atoms with Crippen molar-refractivity contribution in [2.45, 2.75) is 6.92 Å². The first-order valence-corrected chi connectivity index (χ1v) is 3.96. The van der Waals surface area contributed by atoms with Gasteiger partial charge in [0.1, 0.15) is 18.4 Å². The average Bonchev–Trinajstić information content (AvgIpc) is 2.14. The second kappa shape index (κ2) is 4.23. The fourth-order valence-corrected chi connectivity index (χ4v) is 0.993. The third-order valence-corrected chi connectivity index (χ3v) is 1.68. The van der Waals surface area contributed by atoms with Crippen molar-refractivity contribution in [1.29, 1.82) is 5.26 Å². The lowest BCUT2D eigenvalue weighted by Crippen LogP contribution is -2.14. The number of aromatic nitrogens is 1. The molecule has 0 radical (unpaired) electrons. The highest BCUT2D eigenvalue weighted by Crippen LogP contribution is 2.14. The van der Waals surface area contributed by atoms with Crippen LogP contribution < -0.4 is 5.32 Å². The molecule has 0 saturated heterocycles. The van der Waals surface area contributed by atoms with Crippen molar-refractivity contribution >= 4 is 11.8 Å². The maximum atomic E-state index is 10.3. The quantitative estimate of drug-likeness (QED) is 0.736. The summed E-state index contributed by atoms with van der Waals surface area (Å²) in [6.45, 7) is 1.53. The first-order valence-electron chi connectivity index (χ1n) is 3.96. The fraction of sp³-hybridized carbons (Fsp3) is 0.222. The number of aliphatic carboxylic acids is 1. The number of nitriles is 1. The van der Waals surface area contributed by atoms with Crippen LogP contribution in [0.3, 0.4) is 0 Å². The molecule has 14 heavy (non-hydrogen) atoms. The first-order chi connectivity index (χ1) is 6.65. The summed E-state index contributed by atoms with van der Waals surface area (Å²) in [7, 11) is 0. The van der Waals surface area contributed by atoms with Crippen LogP contribution in [-0.4, -0.2) is 22.6 Å². The maximum Gasteiger partial charge on any atom is 0.322 e. The number of nitrogens with zero attached hydrogens (tertiary/aromatic N) is 2. The van der Waals surface area contributed by atoms with E-state index in [0.29, 0.717) is 11.4 Å². The smallest absolute Gasteiger partial charge is 0.322 e. The van der Waals surface area contributed by atoms with E-state index in [9.17, 15) is 4.79 Å². The Hall–Kier alpha value is -2.09. The van der Waals surface area contributed by atoms with Gasteiger partial charge in [-0.1, -0.05) is 0 Å². The molecule has 5 nitrogen and oxygen atoms in total. The number of carboxylic acids is 1. The molecule has 0 aliphatic carbocycles. The van der Waals surface area contributed by atoms with E-state index < -0.39 is 5.97 Å². The average molecular weight is 191 g/mol. The third-order valence-electron chi connectivity index (χ3n) is 1.68. The summed E-state index contributed by atoms with van der Waals surface area (Å²) in [6, 6.07) is 3.67. The number of hydrogen-bond acceptors (Lipinski definition) is 4. The zero-order valence-electron chi connectivity index (χ0n) is 7.61. The molecule has 2 N–H and O–H groups in total. The molecule has 1 rings (SSSR count). The minimum absolute atomic E-state index is 0.245. The Morgan fingerprint density at radius 2 is 2.50 bits per heavy atom. The summed E-state index contributed by atoms with van der Waals surface area (Å²) in [4.78, 5) is 14.2. The van der Waals surface area contributed by atoms with Gasteiger partial charge in [0.2, 0.25) is 0 Å². The minimum Gasteiger partial charge on any atom is -0.480 e. The van der Waals surface area contributed by atoms with E-state index in [2.05, 4.69) is 10.3 Å². The van der Waals surface area contributed by atoms with Crippen molar-refractivity contribution in [2.24, 2.45) is 0 Å². The summed E-state index contributed by atoms with van der Waals surface area (Å²) >= 11 is 0.